The van der Waals surface area contributed by atoms with Crippen LogP contribution in [0.5, 0.6) is 0 Å². The molecule has 29 heavy (non-hydrogen) atoms. The number of anilines is 2. The lowest BCUT2D eigenvalue weighted by Gasteiger charge is -2.46. The van der Waals surface area contributed by atoms with Crippen LogP contribution < -0.4 is 21.3 Å². The van der Waals surface area contributed by atoms with E-state index in [0.29, 0.717) is 32.0 Å². The number of hydrogen-bond donors (Lipinski definition) is 2. The summed E-state index contributed by atoms with van der Waals surface area (Å²) in [6, 6.07) is 3.47. The van der Waals surface area contributed by atoms with E-state index in [0.717, 1.165) is 43.4 Å². The van der Waals surface area contributed by atoms with E-state index in [1.165, 1.54) is 0 Å². The summed E-state index contributed by atoms with van der Waals surface area (Å²) in [6.45, 7) is 4.14. The summed E-state index contributed by atoms with van der Waals surface area (Å²) >= 11 is 0. The number of aryl methyl sites for hydroxylation is 1. The largest absolute Gasteiger partial charge is 0.378 e. The smallest absolute Gasteiger partial charge is 0.292 e. The number of nitro benzene ring substituents is 1. The van der Waals surface area contributed by atoms with Gasteiger partial charge in [0.25, 0.3) is 5.69 Å². The van der Waals surface area contributed by atoms with Crippen molar-refractivity contribution in [3.63, 3.8) is 0 Å². The fraction of sp³-hybridized carbons (Fsp3) is 0.579. The molecule has 2 heterocycles. The molecule has 156 valence electrons. The SMILES string of the molecule is Cc1cc([N+](=O)[O-])c(N2CCOCC2)cc1N1C(N)=NC(N)=NC12CCCCC2. The molecule has 1 aliphatic carbocycles. The minimum absolute atomic E-state index is 0.0846. The Bertz CT molecular complexity index is 871. The predicted molar refractivity (Wildman–Crippen MR) is 112 cm³/mol. The zero-order valence-corrected chi connectivity index (χ0v) is 16.6. The summed E-state index contributed by atoms with van der Waals surface area (Å²) in [6.07, 6.45) is 4.80. The summed E-state index contributed by atoms with van der Waals surface area (Å²) in [5, 5.41) is 11.8. The maximum absolute atomic E-state index is 11.8. The van der Waals surface area contributed by atoms with Crippen molar-refractivity contribution in [3.8, 4) is 0 Å². The van der Waals surface area contributed by atoms with Crippen molar-refractivity contribution in [2.45, 2.75) is 44.7 Å². The van der Waals surface area contributed by atoms with Gasteiger partial charge in [0.1, 0.15) is 11.4 Å². The topological polar surface area (TPSA) is 136 Å². The fourth-order valence-electron chi connectivity index (χ4n) is 4.58. The average molecular weight is 401 g/mol. The summed E-state index contributed by atoms with van der Waals surface area (Å²) in [5.41, 5.74) is 13.9. The van der Waals surface area contributed by atoms with E-state index >= 15 is 0 Å². The van der Waals surface area contributed by atoms with Crippen molar-refractivity contribution >= 4 is 29.0 Å². The molecule has 0 radical (unpaired) electrons. The first-order valence-electron chi connectivity index (χ1n) is 10.0. The molecule has 1 saturated heterocycles. The van der Waals surface area contributed by atoms with Crippen LogP contribution in [0.25, 0.3) is 0 Å². The fourth-order valence-corrected chi connectivity index (χ4v) is 4.58. The van der Waals surface area contributed by atoms with Gasteiger partial charge in [-0.3, -0.25) is 15.0 Å². The van der Waals surface area contributed by atoms with Crippen molar-refractivity contribution in [3.05, 3.63) is 27.8 Å². The van der Waals surface area contributed by atoms with E-state index in [1.807, 2.05) is 22.8 Å². The quantitative estimate of drug-likeness (QED) is 0.583. The van der Waals surface area contributed by atoms with E-state index in [2.05, 4.69) is 4.99 Å². The number of guanidine groups is 2. The van der Waals surface area contributed by atoms with Crippen LogP contribution in [0.15, 0.2) is 22.1 Å². The molecule has 0 unspecified atom stereocenters. The van der Waals surface area contributed by atoms with Crippen LogP contribution in [-0.4, -0.2) is 48.8 Å². The summed E-state index contributed by atoms with van der Waals surface area (Å²) in [5.74, 6) is 0.470. The lowest BCUT2D eigenvalue weighted by atomic mass is 9.87. The second-order valence-corrected chi connectivity index (χ2v) is 7.80. The van der Waals surface area contributed by atoms with Gasteiger partial charge in [-0.05, 0) is 44.2 Å². The highest BCUT2D eigenvalue weighted by Crippen LogP contribution is 2.43. The van der Waals surface area contributed by atoms with Gasteiger partial charge < -0.3 is 21.1 Å². The Morgan fingerprint density at radius 3 is 2.48 bits per heavy atom. The lowest BCUT2D eigenvalue weighted by Crippen LogP contribution is -2.58. The number of benzene rings is 1. The third kappa shape index (κ3) is 3.48. The maximum Gasteiger partial charge on any atom is 0.292 e. The number of nitrogens with two attached hydrogens (primary N) is 2. The number of nitrogens with zero attached hydrogens (tertiary/aromatic N) is 5. The first-order chi connectivity index (χ1) is 13.9. The average Bonchev–Trinajstić information content (AvgIpc) is 2.69. The van der Waals surface area contributed by atoms with Crippen molar-refractivity contribution in [1.29, 1.82) is 0 Å². The second-order valence-electron chi connectivity index (χ2n) is 7.80. The van der Waals surface area contributed by atoms with Crippen LogP contribution in [0, 0.1) is 17.0 Å². The molecule has 1 aromatic rings. The lowest BCUT2D eigenvalue weighted by molar-refractivity contribution is -0.384. The number of ether oxygens (including phenoxy) is 1. The van der Waals surface area contributed by atoms with Crippen molar-refractivity contribution in [2.24, 2.45) is 21.5 Å². The molecule has 0 bridgehead atoms. The minimum atomic E-state index is -0.586. The van der Waals surface area contributed by atoms with E-state index in [4.69, 9.17) is 21.2 Å². The summed E-state index contributed by atoms with van der Waals surface area (Å²) < 4.78 is 5.42. The Kier molecular flexibility index (Phi) is 5.03. The zero-order valence-electron chi connectivity index (χ0n) is 16.6. The number of aliphatic imine (C=N–C) groups is 2. The molecular formula is C19H27N7O3. The Morgan fingerprint density at radius 2 is 1.83 bits per heavy atom. The molecule has 2 aliphatic heterocycles. The molecule has 2 fully saturated rings. The van der Waals surface area contributed by atoms with Crippen LogP contribution in [0.1, 0.15) is 37.7 Å². The molecular weight excluding hydrogens is 374 g/mol. The van der Waals surface area contributed by atoms with Gasteiger partial charge >= 0.3 is 0 Å². The molecule has 0 amide bonds. The highest BCUT2D eigenvalue weighted by atomic mass is 16.6. The number of nitro groups is 1. The first kappa shape index (κ1) is 19.4. The van der Waals surface area contributed by atoms with Crippen molar-refractivity contribution in [1.82, 2.24) is 0 Å². The molecule has 1 aromatic carbocycles. The number of rotatable bonds is 3. The third-order valence-corrected chi connectivity index (χ3v) is 5.93. The van der Waals surface area contributed by atoms with Gasteiger partial charge in [0.05, 0.1) is 23.8 Å². The zero-order chi connectivity index (χ0) is 20.6. The molecule has 4 rings (SSSR count). The molecule has 10 heteroatoms. The van der Waals surface area contributed by atoms with Gasteiger partial charge in [-0.2, -0.15) is 4.99 Å². The first-order valence-corrected chi connectivity index (χ1v) is 10.0. The standard InChI is InChI=1S/C19H27N7O3/c1-13-11-16(26(27)28)15(24-7-9-29-10-8-24)12-14(13)25-18(21)22-17(20)23-19(25)5-3-2-4-6-19/h11-12H,2-10H2,1H3,(H4,20,21,22,23). The van der Waals surface area contributed by atoms with Crippen LogP contribution >= 0.6 is 0 Å². The van der Waals surface area contributed by atoms with E-state index in [9.17, 15) is 10.1 Å². The molecule has 0 aromatic heterocycles. The van der Waals surface area contributed by atoms with Gasteiger partial charge in [-0.25, -0.2) is 4.99 Å². The van der Waals surface area contributed by atoms with Crippen LogP contribution in [-0.2, 0) is 4.74 Å². The van der Waals surface area contributed by atoms with Gasteiger partial charge in [0.15, 0.2) is 0 Å². The van der Waals surface area contributed by atoms with Crippen LogP contribution in [0.3, 0.4) is 0 Å². The summed E-state index contributed by atoms with van der Waals surface area (Å²) in [4.78, 5) is 24.3. The number of hydrogen-bond acceptors (Lipinski definition) is 9. The third-order valence-electron chi connectivity index (χ3n) is 5.93. The molecule has 1 saturated carbocycles. The van der Waals surface area contributed by atoms with Crippen LogP contribution in [0.4, 0.5) is 17.1 Å². The Labute approximate surface area is 169 Å². The Morgan fingerprint density at radius 1 is 1.14 bits per heavy atom. The van der Waals surface area contributed by atoms with E-state index in [1.54, 1.807) is 6.07 Å². The van der Waals surface area contributed by atoms with E-state index in [-0.39, 0.29) is 22.5 Å². The molecule has 1 spiro atoms. The van der Waals surface area contributed by atoms with Gasteiger partial charge in [-0.1, -0.05) is 6.42 Å². The van der Waals surface area contributed by atoms with Gasteiger partial charge in [-0.15, -0.1) is 0 Å². The van der Waals surface area contributed by atoms with Crippen molar-refractivity contribution in [2.75, 3.05) is 36.1 Å². The summed E-state index contributed by atoms with van der Waals surface area (Å²) in [7, 11) is 0. The molecule has 4 N–H and O–H groups in total. The van der Waals surface area contributed by atoms with Gasteiger partial charge in [0, 0.05) is 19.2 Å². The molecule has 3 aliphatic rings. The maximum atomic E-state index is 11.8. The van der Waals surface area contributed by atoms with Gasteiger partial charge in [0.2, 0.25) is 11.9 Å². The monoisotopic (exact) mass is 401 g/mol. The Balaban J connectivity index is 1.84. The van der Waals surface area contributed by atoms with Crippen molar-refractivity contribution < 1.29 is 9.66 Å². The predicted octanol–water partition coefficient (Wildman–Crippen LogP) is 1.85. The normalized spacial score (nSPS) is 21.7. The molecule has 0 atom stereocenters. The second kappa shape index (κ2) is 7.51. The van der Waals surface area contributed by atoms with E-state index < -0.39 is 5.66 Å². The van der Waals surface area contributed by atoms with Crippen LogP contribution in [0.2, 0.25) is 0 Å². The highest BCUT2D eigenvalue weighted by molar-refractivity contribution is 6.06. The highest BCUT2D eigenvalue weighted by Gasteiger charge is 2.43. The molecule has 10 nitrogen and oxygen atoms in total. The Hall–Kier alpha value is -2.88. The number of morpholine rings is 1. The minimum Gasteiger partial charge on any atom is -0.378 e.